The molecule has 154 valence electrons. The number of rotatable bonds is 5. The normalized spacial score (nSPS) is 14.5. The average Bonchev–Trinajstić information content (AvgIpc) is 2.78. The summed E-state index contributed by atoms with van der Waals surface area (Å²) in [5.41, 5.74) is 0.795. The molecule has 29 heavy (non-hydrogen) atoms. The first-order chi connectivity index (χ1) is 13.9. The zero-order valence-electron chi connectivity index (χ0n) is 17.5. The molecule has 0 saturated carbocycles. The first-order valence-electron chi connectivity index (χ1n) is 9.75. The number of piperazine rings is 1. The van der Waals surface area contributed by atoms with Gasteiger partial charge in [0.1, 0.15) is 17.1 Å². The highest BCUT2D eigenvalue weighted by atomic mass is 16.5. The van der Waals surface area contributed by atoms with Gasteiger partial charge in [0.2, 0.25) is 5.91 Å². The molecule has 2 amide bonds. The van der Waals surface area contributed by atoms with Gasteiger partial charge in [-0.3, -0.25) is 9.59 Å². The van der Waals surface area contributed by atoms with Crippen LogP contribution in [0.1, 0.15) is 29.8 Å². The Kier molecular flexibility index (Phi) is 6.11. The lowest BCUT2D eigenvalue weighted by molar-refractivity contribution is -0.137. The summed E-state index contributed by atoms with van der Waals surface area (Å²) in [6.45, 7) is 5.83. The van der Waals surface area contributed by atoms with Crippen LogP contribution in [0.25, 0.3) is 0 Å². The number of ether oxygens (including phenoxy) is 2. The van der Waals surface area contributed by atoms with Crippen LogP contribution >= 0.6 is 0 Å². The van der Waals surface area contributed by atoms with Crippen molar-refractivity contribution >= 4 is 11.8 Å². The van der Waals surface area contributed by atoms with Gasteiger partial charge in [-0.05, 0) is 31.5 Å². The largest absolute Gasteiger partial charge is 0.496 e. The summed E-state index contributed by atoms with van der Waals surface area (Å²) in [4.78, 5) is 29.9. The molecule has 0 aliphatic carbocycles. The van der Waals surface area contributed by atoms with Crippen LogP contribution in [0.15, 0.2) is 48.5 Å². The minimum absolute atomic E-state index is 0.0747. The van der Waals surface area contributed by atoms with Crippen LogP contribution in [0.5, 0.6) is 11.5 Å². The second-order valence-electron chi connectivity index (χ2n) is 7.61. The Labute approximate surface area is 172 Å². The molecule has 6 nitrogen and oxygen atoms in total. The highest BCUT2D eigenvalue weighted by Crippen LogP contribution is 2.30. The van der Waals surface area contributed by atoms with Crippen molar-refractivity contribution in [3.8, 4) is 11.5 Å². The van der Waals surface area contributed by atoms with E-state index >= 15 is 0 Å². The van der Waals surface area contributed by atoms with E-state index in [0.717, 1.165) is 5.56 Å². The topological polar surface area (TPSA) is 59.1 Å². The fraction of sp³-hybridized carbons (Fsp3) is 0.391. The van der Waals surface area contributed by atoms with Crippen molar-refractivity contribution in [2.45, 2.75) is 19.3 Å². The molecule has 1 aliphatic heterocycles. The smallest absolute Gasteiger partial charge is 0.261 e. The van der Waals surface area contributed by atoms with E-state index in [9.17, 15) is 9.59 Å². The van der Waals surface area contributed by atoms with Crippen molar-refractivity contribution in [2.75, 3.05) is 40.4 Å². The molecule has 0 aromatic heterocycles. The Hall–Kier alpha value is -3.02. The number of hydrogen-bond acceptors (Lipinski definition) is 4. The predicted octanol–water partition coefficient (Wildman–Crippen LogP) is 2.97. The number of carbonyl (C=O) groups is 2. The van der Waals surface area contributed by atoms with Gasteiger partial charge in [0.05, 0.1) is 19.6 Å². The third-order valence-corrected chi connectivity index (χ3v) is 5.53. The second kappa shape index (κ2) is 8.55. The van der Waals surface area contributed by atoms with Gasteiger partial charge in [0.25, 0.3) is 5.91 Å². The summed E-state index contributed by atoms with van der Waals surface area (Å²) in [5, 5.41) is 0. The van der Waals surface area contributed by atoms with Crippen molar-refractivity contribution in [2.24, 2.45) is 0 Å². The van der Waals surface area contributed by atoms with Crippen LogP contribution in [0.2, 0.25) is 0 Å². The van der Waals surface area contributed by atoms with Crippen LogP contribution in [-0.2, 0) is 10.2 Å². The van der Waals surface area contributed by atoms with Gasteiger partial charge >= 0.3 is 0 Å². The van der Waals surface area contributed by atoms with E-state index in [4.69, 9.17) is 9.47 Å². The molecule has 2 aromatic rings. The number of amides is 2. The molecule has 1 aliphatic rings. The van der Waals surface area contributed by atoms with Crippen LogP contribution < -0.4 is 9.47 Å². The predicted molar refractivity (Wildman–Crippen MR) is 111 cm³/mol. The number of benzene rings is 2. The van der Waals surface area contributed by atoms with E-state index in [0.29, 0.717) is 43.2 Å². The second-order valence-corrected chi connectivity index (χ2v) is 7.61. The standard InChI is InChI=1S/C23H28N2O4/c1-23(2,17-9-6-5-7-10-17)22(27)25-15-13-24(14-16-25)21(26)20-18(28-3)11-8-12-19(20)29-4/h5-12H,13-16H2,1-4H3. The lowest BCUT2D eigenvalue weighted by Gasteiger charge is -2.39. The van der Waals surface area contributed by atoms with Crippen LogP contribution in [-0.4, -0.2) is 62.0 Å². The fourth-order valence-corrected chi connectivity index (χ4v) is 3.71. The lowest BCUT2D eigenvalue weighted by atomic mass is 9.83. The maximum Gasteiger partial charge on any atom is 0.261 e. The Morgan fingerprint density at radius 1 is 0.793 bits per heavy atom. The number of carbonyl (C=O) groups excluding carboxylic acids is 2. The molecule has 2 aromatic carbocycles. The maximum absolute atomic E-state index is 13.2. The number of methoxy groups -OCH3 is 2. The monoisotopic (exact) mass is 396 g/mol. The zero-order chi connectivity index (χ0) is 21.0. The van der Waals surface area contributed by atoms with Crippen molar-refractivity contribution in [1.82, 2.24) is 9.80 Å². The van der Waals surface area contributed by atoms with E-state index in [1.165, 1.54) is 14.2 Å². The molecule has 0 unspecified atom stereocenters. The summed E-state index contributed by atoms with van der Waals surface area (Å²) in [5.74, 6) is 0.899. The van der Waals surface area contributed by atoms with Gasteiger partial charge < -0.3 is 19.3 Å². The van der Waals surface area contributed by atoms with Crippen molar-refractivity contribution in [3.63, 3.8) is 0 Å². The summed E-state index contributed by atoms with van der Waals surface area (Å²) in [6, 6.07) is 15.1. The Morgan fingerprint density at radius 3 is 1.83 bits per heavy atom. The van der Waals surface area contributed by atoms with Crippen LogP contribution in [0.4, 0.5) is 0 Å². The first kappa shape index (κ1) is 20.7. The summed E-state index contributed by atoms with van der Waals surface area (Å²) in [6.07, 6.45) is 0. The summed E-state index contributed by atoms with van der Waals surface area (Å²) >= 11 is 0. The molecule has 3 rings (SSSR count). The van der Waals surface area contributed by atoms with Gasteiger partial charge in [0.15, 0.2) is 0 Å². The molecule has 0 radical (unpaired) electrons. The van der Waals surface area contributed by atoms with Gasteiger partial charge in [0, 0.05) is 26.2 Å². The molecule has 0 N–H and O–H groups in total. The highest BCUT2D eigenvalue weighted by molar-refractivity contribution is 6.00. The quantitative estimate of drug-likeness (QED) is 0.780. The van der Waals surface area contributed by atoms with E-state index in [1.54, 1.807) is 23.1 Å². The number of nitrogens with zero attached hydrogens (tertiary/aromatic N) is 2. The lowest BCUT2D eigenvalue weighted by Crippen LogP contribution is -2.54. The fourth-order valence-electron chi connectivity index (χ4n) is 3.71. The van der Waals surface area contributed by atoms with E-state index in [2.05, 4.69) is 0 Å². The molecule has 1 heterocycles. The van der Waals surface area contributed by atoms with Crippen molar-refractivity contribution in [3.05, 3.63) is 59.7 Å². The minimum Gasteiger partial charge on any atom is -0.496 e. The van der Waals surface area contributed by atoms with Gasteiger partial charge in [-0.2, -0.15) is 0 Å². The minimum atomic E-state index is -0.612. The third kappa shape index (κ3) is 4.06. The molecule has 6 heteroatoms. The highest BCUT2D eigenvalue weighted by Gasteiger charge is 2.36. The Morgan fingerprint density at radius 2 is 1.31 bits per heavy atom. The average molecular weight is 396 g/mol. The first-order valence-corrected chi connectivity index (χ1v) is 9.75. The molecule has 0 spiro atoms. The van der Waals surface area contributed by atoms with Gasteiger partial charge in [-0.15, -0.1) is 0 Å². The van der Waals surface area contributed by atoms with E-state index in [1.807, 2.05) is 49.1 Å². The molecular weight excluding hydrogens is 368 g/mol. The third-order valence-electron chi connectivity index (χ3n) is 5.53. The van der Waals surface area contributed by atoms with Crippen LogP contribution in [0, 0.1) is 0 Å². The summed E-state index contributed by atoms with van der Waals surface area (Å²) in [7, 11) is 3.07. The maximum atomic E-state index is 13.2. The van der Waals surface area contributed by atoms with E-state index < -0.39 is 5.41 Å². The van der Waals surface area contributed by atoms with Gasteiger partial charge in [-0.25, -0.2) is 0 Å². The molecule has 0 atom stereocenters. The van der Waals surface area contributed by atoms with E-state index in [-0.39, 0.29) is 11.8 Å². The van der Waals surface area contributed by atoms with Gasteiger partial charge in [-0.1, -0.05) is 36.4 Å². The Balaban J connectivity index is 1.71. The summed E-state index contributed by atoms with van der Waals surface area (Å²) < 4.78 is 10.7. The zero-order valence-corrected chi connectivity index (χ0v) is 17.5. The van der Waals surface area contributed by atoms with Crippen molar-refractivity contribution in [1.29, 1.82) is 0 Å². The number of hydrogen-bond donors (Lipinski definition) is 0. The molecule has 0 bridgehead atoms. The molecule has 1 saturated heterocycles. The molecule has 1 fully saturated rings. The Bertz CT molecular complexity index is 849. The SMILES string of the molecule is COc1cccc(OC)c1C(=O)N1CCN(C(=O)C(C)(C)c2ccccc2)CC1. The van der Waals surface area contributed by atoms with Crippen molar-refractivity contribution < 1.29 is 19.1 Å². The van der Waals surface area contributed by atoms with Crippen LogP contribution in [0.3, 0.4) is 0 Å². The molecular formula is C23H28N2O4.